The number of nitrogens with one attached hydrogen (secondary N) is 3. The summed E-state index contributed by atoms with van der Waals surface area (Å²) in [7, 11) is 1.54. The van der Waals surface area contributed by atoms with E-state index in [9.17, 15) is 19.2 Å². The fourth-order valence-electron chi connectivity index (χ4n) is 4.13. The van der Waals surface area contributed by atoms with Crippen LogP contribution in [0.1, 0.15) is 63.2 Å². The molecule has 9 nitrogen and oxygen atoms in total. The van der Waals surface area contributed by atoms with Crippen molar-refractivity contribution in [1.29, 1.82) is 0 Å². The molecule has 10 heteroatoms. The number of hydrogen-bond donors (Lipinski definition) is 3. The molecule has 0 aliphatic carbocycles. The quantitative estimate of drug-likeness (QED) is 0.352. The minimum atomic E-state index is -0.879. The van der Waals surface area contributed by atoms with Crippen LogP contribution in [0.2, 0.25) is 5.02 Å². The second kappa shape index (κ2) is 14.5. The zero-order valence-electron chi connectivity index (χ0n) is 24.3. The molecule has 3 amide bonds. The van der Waals surface area contributed by atoms with Crippen molar-refractivity contribution in [1.82, 2.24) is 20.5 Å². The number of fused-ring (bicyclic) bond motifs is 1. The molecule has 1 heterocycles. The molecule has 2 aromatic carbocycles. The number of aromatic nitrogens is 1. The Labute approximate surface area is 240 Å². The molecule has 216 valence electrons. The number of nitrogens with zero attached hydrogens (tertiary/aromatic N) is 1. The third kappa shape index (κ3) is 7.85. The maximum atomic E-state index is 13.4. The summed E-state index contributed by atoms with van der Waals surface area (Å²) in [6, 6.07) is 10.2. The molecule has 2 atom stereocenters. The minimum Gasteiger partial charge on any atom is -0.497 e. The van der Waals surface area contributed by atoms with Crippen molar-refractivity contribution in [2.75, 3.05) is 7.11 Å². The lowest BCUT2D eigenvalue weighted by atomic mass is 10.1. The van der Waals surface area contributed by atoms with Gasteiger partial charge in [-0.1, -0.05) is 25.4 Å². The lowest BCUT2D eigenvalue weighted by Crippen LogP contribution is -2.52. The van der Waals surface area contributed by atoms with Crippen molar-refractivity contribution in [2.24, 2.45) is 0 Å². The van der Waals surface area contributed by atoms with Crippen LogP contribution in [0.4, 0.5) is 0 Å². The van der Waals surface area contributed by atoms with Crippen LogP contribution >= 0.6 is 11.6 Å². The molecule has 0 fully saturated rings. The molecule has 3 N–H and O–H groups in total. The minimum absolute atomic E-state index is 0.0606. The Balaban J connectivity index is 0.00000274. The van der Waals surface area contributed by atoms with Crippen LogP contribution < -0.4 is 20.7 Å². The van der Waals surface area contributed by atoms with Crippen molar-refractivity contribution in [2.45, 2.75) is 73.0 Å². The van der Waals surface area contributed by atoms with Gasteiger partial charge in [-0.3, -0.25) is 23.7 Å². The van der Waals surface area contributed by atoms with E-state index in [1.807, 2.05) is 27.7 Å². The van der Waals surface area contributed by atoms with E-state index in [4.69, 9.17) is 16.3 Å². The molecule has 3 rings (SSSR count). The molecule has 0 spiro atoms. The molecule has 0 aliphatic heterocycles. The first-order valence-electron chi connectivity index (χ1n) is 13.3. The fraction of sp³-hybridized carbons (Fsp3) is 0.400. The van der Waals surface area contributed by atoms with Gasteiger partial charge in [0.1, 0.15) is 17.8 Å². The number of ether oxygens (including phenoxy) is 1. The van der Waals surface area contributed by atoms with Crippen LogP contribution in [0, 0.1) is 6.92 Å². The van der Waals surface area contributed by atoms with Crippen molar-refractivity contribution in [3.63, 3.8) is 0 Å². The molecular weight excluding hydrogens is 532 g/mol. The number of hydrogen-bond acceptors (Lipinski definition) is 5. The number of carbonyl (C=O) groups excluding carboxylic acids is 4. The summed E-state index contributed by atoms with van der Waals surface area (Å²) in [5.74, 6) is -0.881. The average molecular weight is 571 g/mol. The predicted molar refractivity (Wildman–Crippen MR) is 158 cm³/mol. The molecule has 40 heavy (non-hydrogen) atoms. The SMILES string of the molecule is CC.COc1ccc2c(c1)c(CC(=O)N[C@@H](C)C(=O)N[C@@H](C)C(=O)NC(C)C)c(C)n2C(=O)c1ccc(Cl)cc1. The summed E-state index contributed by atoms with van der Waals surface area (Å²) in [5, 5.41) is 9.24. The van der Waals surface area contributed by atoms with Crippen LogP contribution in [-0.2, 0) is 20.8 Å². The van der Waals surface area contributed by atoms with E-state index in [1.165, 1.54) is 0 Å². The van der Waals surface area contributed by atoms with Crippen molar-refractivity contribution < 1.29 is 23.9 Å². The average Bonchev–Trinajstić information content (AvgIpc) is 3.19. The molecule has 0 saturated carbocycles. The van der Waals surface area contributed by atoms with Gasteiger partial charge < -0.3 is 20.7 Å². The monoisotopic (exact) mass is 570 g/mol. The van der Waals surface area contributed by atoms with Crippen LogP contribution in [0.25, 0.3) is 10.9 Å². The number of halogens is 1. The van der Waals surface area contributed by atoms with Gasteiger partial charge in [-0.05, 0) is 82.6 Å². The van der Waals surface area contributed by atoms with Gasteiger partial charge in [0.2, 0.25) is 17.7 Å². The number of methoxy groups -OCH3 is 1. The Morgan fingerprint density at radius 3 is 2.02 bits per heavy atom. The molecule has 0 saturated heterocycles. The predicted octanol–water partition coefficient (Wildman–Crippen LogP) is 4.40. The van der Waals surface area contributed by atoms with E-state index in [-0.39, 0.29) is 24.3 Å². The molecule has 0 bridgehead atoms. The van der Waals surface area contributed by atoms with Crippen LogP contribution in [-0.4, -0.2) is 53.4 Å². The molecule has 0 unspecified atom stereocenters. The second-order valence-electron chi connectivity index (χ2n) is 9.45. The maximum Gasteiger partial charge on any atom is 0.262 e. The van der Waals surface area contributed by atoms with Gasteiger partial charge in [0.15, 0.2) is 0 Å². The molecule has 1 aromatic heterocycles. The largest absolute Gasteiger partial charge is 0.497 e. The number of benzene rings is 2. The van der Waals surface area contributed by atoms with E-state index in [0.717, 1.165) is 0 Å². The molecule has 0 aliphatic rings. The van der Waals surface area contributed by atoms with E-state index in [2.05, 4.69) is 16.0 Å². The first kappa shape index (κ1) is 32.4. The number of carbonyl (C=O) groups is 4. The van der Waals surface area contributed by atoms with Crippen LogP contribution in [0.15, 0.2) is 42.5 Å². The standard InChI is InChI=1S/C28H33ClN4O5.C2H6/c1-15(2)30-26(35)17(4)32-27(36)16(3)31-25(34)14-22-18(5)33(24-12-11-21(38-6)13-23(22)24)28(37)19-7-9-20(29)10-8-19;1-2/h7-13,15-17H,14H2,1-6H3,(H,30,35)(H,31,34)(H,32,36);1-2H3/t16-,17-;/m0./s1. The first-order valence-corrected chi connectivity index (χ1v) is 13.7. The summed E-state index contributed by atoms with van der Waals surface area (Å²) in [4.78, 5) is 51.2. The Bertz CT molecular complexity index is 1360. The van der Waals surface area contributed by atoms with Gasteiger partial charge in [0.05, 0.1) is 19.0 Å². The normalized spacial score (nSPS) is 12.2. The molecular formula is C30H39ClN4O5. The van der Waals surface area contributed by atoms with E-state index in [1.54, 1.807) is 74.9 Å². The van der Waals surface area contributed by atoms with Crippen molar-refractivity contribution >= 4 is 46.1 Å². The smallest absolute Gasteiger partial charge is 0.262 e. The molecule has 3 aromatic rings. The maximum absolute atomic E-state index is 13.4. The van der Waals surface area contributed by atoms with Crippen molar-refractivity contribution in [3.8, 4) is 5.75 Å². The Kier molecular flexibility index (Phi) is 11.7. The third-order valence-corrected chi connectivity index (χ3v) is 6.38. The Morgan fingerprint density at radius 2 is 1.45 bits per heavy atom. The van der Waals surface area contributed by atoms with Gasteiger partial charge in [-0.25, -0.2) is 0 Å². The van der Waals surface area contributed by atoms with Gasteiger partial charge in [-0.2, -0.15) is 0 Å². The number of rotatable bonds is 9. The highest BCUT2D eigenvalue weighted by Crippen LogP contribution is 2.31. The lowest BCUT2D eigenvalue weighted by Gasteiger charge is -2.19. The zero-order valence-corrected chi connectivity index (χ0v) is 25.1. The fourth-order valence-corrected chi connectivity index (χ4v) is 4.25. The molecule has 0 radical (unpaired) electrons. The van der Waals surface area contributed by atoms with E-state index < -0.39 is 23.9 Å². The van der Waals surface area contributed by atoms with E-state index >= 15 is 0 Å². The van der Waals surface area contributed by atoms with Crippen LogP contribution in [0.5, 0.6) is 5.75 Å². The third-order valence-electron chi connectivity index (χ3n) is 6.13. The van der Waals surface area contributed by atoms with Crippen LogP contribution in [0.3, 0.4) is 0 Å². The highest BCUT2D eigenvalue weighted by molar-refractivity contribution is 6.30. The number of amides is 3. The summed E-state index contributed by atoms with van der Waals surface area (Å²) < 4.78 is 6.93. The van der Waals surface area contributed by atoms with Crippen molar-refractivity contribution in [3.05, 3.63) is 64.3 Å². The summed E-state index contributed by atoms with van der Waals surface area (Å²) >= 11 is 5.99. The Hall–Kier alpha value is -3.85. The first-order chi connectivity index (χ1) is 18.9. The lowest BCUT2D eigenvalue weighted by molar-refractivity contribution is -0.131. The Morgan fingerprint density at radius 1 is 0.875 bits per heavy atom. The van der Waals surface area contributed by atoms with Gasteiger partial charge in [0.25, 0.3) is 5.91 Å². The summed E-state index contributed by atoms with van der Waals surface area (Å²) in [5.41, 5.74) is 2.31. The summed E-state index contributed by atoms with van der Waals surface area (Å²) in [6.45, 7) is 12.5. The highest BCUT2D eigenvalue weighted by atomic mass is 35.5. The van der Waals surface area contributed by atoms with E-state index in [0.29, 0.717) is 38.5 Å². The van der Waals surface area contributed by atoms with Gasteiger partial charge in [0, 0.05) is 27.7 Å². The topological polar surface area (TPSA) is 119 Å². The highest BCUT2D eigenvalue weighted by Gasteiger charge is 2.25. The zero-order chi connectivity index (χ0) is 30.1. The second-order valence-corrected chi connectivity index (χ2v) is 9.89. The van der Waals surface area contributed by atoms with Gasteiger partial charge in [-0.15, -0.1) is 0 Å². The van der Waals surface area contributed by atoms with Gasteiger partial charge >= 0.3 is 0 Å². The summed E-state index contributed by atoms with van der Waals surface area (Å²) in [6.07, 6.45) is -0.0720.